The number of rotatable bonds is 3. The van der Waals surface area contributed by atoms with Crippen LogP contribution in [0.25, 0.3) is 11.6 Å². The van der Waals surface area contributed by atoms with Gasteiger partial charge in [-0.05, 0) is 18.7 Å². The maximum absolute atomic E-state index is 5.41. The molecule has 4 heteroatoms. The van der Waals surface area contributed by atoms with Crippen LogP contribution < -0.4 is 5.73 Å². The van der Waals surface area contributed by atoms with E-state index in [-0.39, 0.29) is 0 Å². The van der Waals surface area contributed by atoms with Gasteiger partial charge in [0.2, 0.25) is 5.89 Å². The van der Waals surface area contributed by atoms with Gasteiger partial charge in [0, 0.05) is 12.6 Å². The minimum atomic E-state index is 0.550. The highest BCUT2D eigenvalue weighted by atomic mass is 16.3. The molecule has 0 atom stereocenters. The second kappa shape index (κ2) is 4.02. The molecule has 2 heterocycles. The molecule has 0 aromatic carbocycles. The normalized spacial score (nSPS) is 10.4. The number of nitrogens with two attached hydrogens (primary N) is 1. The maximum Gasteiger partial charge on any atom is 0.245 e. The number of aromatic nitrogens is 2. The second-order valence-electron chi connectivity index (χ2n) is 2.90. The zero-order valence-corrected chi connectivity index (χ0v) is 7.68. The van der Waals surface area contributed by atoms with Gasteiger partial charge in [0.05, 0.1) is 5.69 Å². The topological polar surface area (TPSA) is 64.9 Å². The van der Waals surface area contributed by atoms with E-state index >= 15 is 0 Å². The highest BCUT2D eigenvalue weighted by molar-refractivity contribution is 5.46. The SMILES string of the molecule is NCCc1coc(-c2ccccn2)n1. The minimum absolute atomic E-state index is 0.550. The van der Waals surface area contributed by atoms with Gasteiger partial charge in [0.25, 0.3) is 0 Å². The summed E-state index contributed by atoms with van der Waals surface area (Å²) in [7, 11) is 0. The van der Waals surface area contributed by atoms with Crippen molar-refractivity contribution in [1.29, 1.82) is 0 Å². The largest absolute Gasteiger partial charge is 0.443 e. The molecule has 0 amide bonds. The second-order valence-corrected chi connectivity index (χ2v) is 2.90. The summed E-state index contributed by atoms with van der Waals surface area (Å²) in [5, 5.41) is 0. The van der Waals surface area contributed by atoms with Crippen molar-refractivity contribution >= 4 is 0 Å². The van der Waals surface area contributed by atoms with E-state index in [0.29, 0.717) is 12.4 Å². The Morgan fingerprint density at radius 2 is 2.29 bits per heavy atom. The van der Waals surface area contributed by atoms with Crippen LogP contribution >= 0.6 is 0 Å². The molecule has 14 heavy (non-hydrogen) atoms. The summed E-state index contributed by atoms with van der Waals surface area (Å²) < 4.78 is 5.27. The van der Waals surface area contributed by atoms with Gasteiger partial charge in [-0.25, -0.2) is 4.98 Å². The molecule has 0 saturated heterocycles. The first-order valence-electron chi connectivity index (χ1n) is 4.46. The fourth-order valence-corrected chi connectivity index (χ4v) is 1.18. The van der Waals surface area contributed by atoms with Gasteiger partial charge < -0.3 is 10.2 Å². The fraction of sp³-hybridized carbons (Fsp3) is 0.200. The predicted octanol–water partition coefficient (Wildman–Crippen LogP) is 1.24. The predicted molar refractivity (Wildman–Crippen MR) is 52.5 cm³/mol. The first-order valence-corrected chi connectivity index (χ1v) is 4.46. The van der Waals surface area contributed by atoms with E-state index in [1.165, 1.54) is 0 Å². The molecule has 0 spiro atoms. The molecule has 0 aliphatic carbocycles. The minimum Gasteiger partial charge on any atom is -0.443 e. The quantitative estimate of drug-likeness (QED) is 0.788. The molecule has 0 aliphatic rings. The standard InChI is InChI=1S/C10H11N3O/c11-5-4-8-7-14-10(13-8)9-3-1-2-6-12-9/h1-3,6-7H,4-5,11H2. The Bertz CT molecular complexity index is 397. The Morgan fingerprint density at radius 3 is 3.00 bits per heavy atom. The lowest BCUT2D eigenvalue weighted by atomic mass is 10.3. The molecule has 0 bridgehead atoms. The first-order chi connectivity index (χ1) is 6.90. The summed E-state index contributed by atoms with van der Waals surface area (Å²) in [5.41, 5.74) is 7.03. The lowest BCUT2D eigenvalue weighted by Gasteiger charge is -1.91. The lowest BCUT2D eigenvalue weighted by Crippen LogP contribution is -2.02. The molecule has 4 nitrogen and oxygen atoms in total. The zero-order chi connectivity index (χ0) is 9.80. The maximum atomic E-state index is 5.41. The van der Waals surface area contributed by atoms with Crippen molar-refractivity contribution in [1.82, 2.24) is 9.97 Å². The average molecular weight is 189 g/mol. The molecule has 0 unspecified atom stereocenters. The van der Waals surface area contributed by atoms with Crippen molar-refractivity contribution in [2.24, 2.45) is 5.73 Å². The van der Waals surface area contributed by atoms with E-state index in [1.807, 2.05) is 18.2 Å². The molecule has 2 rings (SSSR count). The molecule has 72 valence electrons. The molecular formula is C10H11N3O. The van der Waals surface area contributed by atoms with Crippen LogP contribution in [0.4, 0.5) is 0 Å². The number of hydrogen-bond acceptors (Lipinski definition) is 4. The van der Waals surface area contributed by atoms with Crippen molar-refractivity contribution < 1.29 is 4.42 Å². The van der Waals surface area contributed by atoms with E-state index in [9.17, 15) is 0 Å². The summed E-state index contributed by atoms with van der Waals surface area (Å²) in [6, 6.07) is 5.61. The van der Waals surface area contributed by atoms with Crippen LogP contribution in [0.3, 0.4) is 0 Å². The van der Waals surface area contributed by atoms with E-state index in [4.69, 9.17) is 10.2 Å². The average Bonchev–Trinajstić information content (AvgIpc) is 2.68. The monoisotopic (exact) mass is 189 g/mol. The van der Waals surface area contributed by atoms with Gasteiger partial charge >= 0.3 is 0 Å². The van der Waals surface area contributed by atoms with Gasteiger partial charge in [0.1, 0.15) is 12.0 Å². The Labute approximate surface area is 81.8 Å². The van der Waals surface area contributed by atoms with Crippen LogP contribution in [0.1, 0.15) is 5.69 Å². The van der Waals surface area contributed by atoms with Crippen LogP contribution in [-0.4, -0.2) is 16.5 Å². The van der Waals surface area contributed by atoms with Crippen LogP contribution in [0.5, 0.6) is 0 Å². The van der Waals surface area contributed by atoms with Crippen LogP contribution in [0.15, 0.2) is 35.1 Å². The molecular weight excluding hydrogens is 178 g/mol. The first kappa shape index (κ1) is 8.90. The number of hydrogen-bond donors (Lipinski definition) is 1. The van der Waals surface area contributed by atoms with E-state index < -0.39 is 0 Å². The summed E-state index contributed by atoms with van der Waals surface area (Å²) >= 11 is 0. The van der Waals surface area contributed by atoms with E-state index in [1.54, 1.807) is 12.5 Å². The number of oxazole rings is 1. The fourth-order valence-electron chi connectivity index (χ4n) is 1.18. The third-order valence-corrected chi connectivity index (χ3v) is 1.84. The third-order valence-electron chi connectivity index (χ3n) is 1.84. The molecule has 2 aromatic rings. The molecule has 0 fully saturated rings. The molecule has 0 radical (unpaired) electrons. The number of nitrogens with zero attached hydrogens (tertiary/aromatic N) is 2. The summed E-state index contributed by atoms with van der Waals surface area (Å²) in [6.07, 6.45) is 4.06. The van der Waals surface area contributed by atoms with Crippen molar-refractivity contribution in [2.45, 2.75) is 6.42 Å². The Kier molecular flexibility index (Phi) is 2.55. The Balaban J connectivity index is 2.25. The highest BCUT2D eigenvalue weighted by Gasteiger charge is 2.05. The Hall–Kier alpha value is -1.68. The summed E-state index contributed by atoms with van der Waals surface area (Å²) in [4.78, 5) is 8.40. The number of pyridine rings is 1. The van der Waals surface area contributed by atoms with Gasteiger partial charge in [0.15, 0.2) is 0 Å². The summed E-state index contributed by atoms with van der Waals surface area (Å²) in [6.45, 7) is 0.578. The Morgan fingerprint density at radius 1 is 1.36 bits per heavy atom. The highest BCUT2D eigenvalue weighted by Crippen LogP contribution is 2.15. The van der Waals surface area contributed by atoms with Crippen molar-refractivity contribution in [3.05, 3.63) is 36.4 Å². The van der Waals surface area contributed by atoms with Gasteiger partial charge in [-0.3, -0.25) is 4.98 Å². The van der Waals surface area contributed by atoms with Crippen molar-refractivity contribution in [3.63, 3.8) is 0 Å². The molecule has 0 aliphatic heterocycles. The molecule has 2 N–H and O–H groups in total. The van der Waals surface area contributed by atoms with Crippen LogP contribution in [0.2, 0.25) is 0 Å². The third kappa shape index (κ3) is 1.80. The van der Waals surface area contributed by atoms with Crippen LogP contribution in [-0.2, 0) is 6.42 Å². The van der Waals surface area contributed by atoms with Gasteiger partial charge in [-0.1, -0.05) is 6.07 Å². The van der Waals surface area contributed by atoms with Crippen molar-refractivity contribution in [2.75, 3.05) is 6.54 Å². The van der Waals surface area contributed by atoms with E-state index in [0.717, 1.165) is 17.8 Å². The van der Waals surface area contributed by atoms with Gasteiger partial charge in [-0.2, -0.15) is 0 Å². The van der Waals surface area contributed by atoms with Crippen LogP contribution in [0, 0.1) is 0 Å². The lowest BCUT2D eigenvalue weighted by molar-refractivity contribution is 0.570. The zero-order valence-electron chi connectivity index (χ0n) is 7.68. The smallest absolute Gasteiger partial charge is 0.245 e. The van der Waals surface area contributed by atoms with E-state index in [2.05, 4.69) is 9.97 Å². The molecule has 0 saturated carbocycles. The summed E-state index contributed by atoms with van der Waals surface area (Å²) in [5.74, 6) is 0.550. The molecule has 2 aromatic heterocycles. The van der Waals surface area contributed by atoms with Gasteiger partial charge in [-0.15, -0.1) is 0 Å². The van der Waals surface area contributed by atoms with Crippen molar-refractivity contribution in [3.8, 4) is 11.6 Å².